The monoisotopic (exact) mass is 287 g/mol. The molecule has 2 rings (SSSR count). The molecule has 0 unspecified atom stereocenters. The Morgan fingerprint density at radius 1 is 1.19 bits per heavy atom. The topological polar surface area (TPSA) is 39.1 Å². The number of unbranched alkanes of at least 4 members (excludes halogenated alkanes) is 2. The average molecular weight is 287 g/mol. The zero-order chi connectivity index (χ0) is 15.1. The molecular formula is C17H25N3O. The average Bonchev–Trinajstić information content (AvgIpc) is 2.81. The predicted molar refractivity (Wildman–Crippen MR) is 86.7 cm³/mol. The van der Waals surface area contributed by atoms with Gasteiger partial charge < -0.3 is 10.1 Å². The Morgan fingerprint density at radius 2 is 1.95 bits per heavy atom. The summed E-state index contributed by atoms with van der Waals surface area (Å²) in [5.74, 6) is 0.951. The molecule has 2 aromatic rings. The third-order valence-electron chi connectivity index (χ3n) is 3.44. The first-order valence-electron chi connectivity index (χ1n) is 7.65. The lowest BCUT2D eigenvalue weighted by Gasteiger charge is -2.08. The summed E-state index contributed by atoms with van der Waals surface area (Å²) in [5.41, 5.74) is 3.34. The van der Waals surface area contributed by atoms with Crippen molar-refractivity contribution in [2.24, 2.45) is 7.05 Å². The van der Waals surface area contributed by atoms with Crippen molar-refractivity contribution < 1.29 is 4.74 Å². The molecule has 114 valence electrons. The standard InChI is InChI=1S/C17H25N3O/c1-4-5-6-11-21-16-9-7-15(8-10-16)12-18-17-13-20(3)19-14(17)2/h7-10,13,18H,4-6,11-12H2,1-3H3. The van der Waals surface area contributed by atoms with E-state index in [-0.39, 0.29) is 0 Å². The molecule has 1 aromatic heterocycles. The molecule has 21 heavy (non-hydrogen) atoms. The molecule has 0 atom stereocenters. The number of nitrogens with zero attached hydrogens (tertiary/aromatic N) is 2. The molecule has 0 amide bonds. The van der Waals surface area contributed by atoms with E-state index in [1.54, 1.807) is 0 Å². The zero-order valence-corrected chi connectivity index (χ0v) is 13.2. The van der Waals surface area contributed by atoms with E-state index >= 15 is 0 Å². The van der Waals surface area contributed by atoms with Gasteiger partial charge in [0.2, 0.25) is 0 Å². The number of rotatable bonds is 8. The van der Waals surface area contributed by atoms with Crippen molar-refractivity contribution in [3.05, 3.63) is 41.7 Å². The highest BCUT2D eigenvalue weighted by atomic mass is 16.5. The summed E-state index contributed by atoms with van der Waals surface area (Å²) in [7, 11) is 1.93. The van der Waals surface area contributed by atoms with E-state index in [1.807, 2.05) is 37.0 Å². The minimum absolute atomic E-state index is 0.794. The van der Waals surface area contributed by atoms with Crippen LogP contribution < -0.4 is 10.1 Å². The van der Waals surface area contributed by atoms with Gasteiger partial charge in [-0.15, -0.1) is 0 Å². The number of hydrogen-bond acceptors (Lipinski definition) is 3. The summed E-state index contributed by atoms with van der Waals surface area (Å²) in [5, 5.41) is 7.73. The number of anilines is 1. The second-order valence-electron chi connectivity index (χ2n) is 5.35. The second-order valence-corrected chi connectivity index (χ2v) is 5.35. The van der Waals surface area contributed by atoms with E-state index in [1.165, 1.54) is 18.4 Å². The van der Waals surface area contributed by atoms with Gasteiger partial charge in [0, 0.05) is 19.8 Å². The van der Waals surface area contributed by atoms with E-state index in [2.05, 4.69) is 29.5 Å². The van der Waals surface area contributed by atoms with Gasteiger partial charge in [0.05, 0.1) is 18.0 Å². The van der Waals surface area contributed by atoms with Crippen molar-refractivity contribution in [2.45, 2.75) is 39.7 Å². The SMILES string of the molecule is CCCCCOc1ccc(CNc2cn(C)nc2C)cc1. The molecule has 0 fully saturated rings. The smallest absolute Gasteiger partial charge is 0.119 e. The molecular weight excluding hydrogens is 262 g/mol. The first-order chi connectivity index (χ1) is 10.2. The summed E-state index contributed by atoms with van der Waals surface area (Å²) in [6, 6.07) is 8.29. The Balaban J connectivity index is 1.80. The molecule has 0 radical (unpaired) electrons. The lowest BCUT2D eigenvalue weighted by Crippen LogP contribution is -2.00. The van der Waals surface area contributed by atoms with Crippen LogP contribution in [-0.2, 0) is 13.6 Å². The molecule has 0 aliphatic carbocycles. The normalized spacial score (nSPS) is 10.6. The highest BCUT2D eigenvalue weighted by molar-refractivity contribution is 5.46. The van der Waals surface area contributed by atoms with Crippen molar-refractivity contribution in [2.75, 3.05) is 11.9 Å². The number of nitrogens with one attached hydrogen (secondary N) is 1. The third-order valence-corrected chi connectivity index (χ3v) is 3.44. The van der Waals surface area contributed by atoms with Crippen molar-refractivity contribution in [3.63, 3.8) is 0 Å². The summed E-state index contributed by atoms with van der Waals surface area (Å²) in [6.45, 7) is 5.81. The summed E-state index contributed by atoms with van der Waals surface area (Å²) >= 11 is 0. The van der Waals surface area contributed by atoms with Gasteiger partial charge in [-0.05, 0) is 31.0 Å². The molecule has 0 spiro atoms. The number of benzene rings is 1. The molecule has 1 heterocycles. The summed E-state index contributed by atoms with van der Waals surface area (Å²) in [4.78, 5) is 0. The van der Waals surface area contributed by atoms with Crippen LogP contribution in [0.5, 0.6) is 5.75 Å². The maximum absolute atomic E-state index is 5.71. The molecule has 0 saturated carbocycles. The maximum atomic E-state index is 5.71. The first kappa shape index (κ1) is 15.4. The highest BCUT2D eigenvalue weighted by Gasteiger charge is 2.02. The first-order valence-corrected chi connectivity index (χ1v) is 7.65. The van der Waals surface area contributed by atoms with Crippen LogP contribution in [0, 0.1) is 6.92 Å². The van der Waals surface area contributed by atoms with Crippen LogP contribution in [0.2, 0.25) is 0 Å². The van der Waals surface area contributed by atoms with Gasteiger partial charge in [0.15, 0.2) is 0 Å². The fraction of sp³-hybridized carbons (Fsp3) is 0.471. The minimum atomic E-state index is 0.794. The predicted octanol–water partition coefficient (Wildman–Crippen LogP) is 3.91. The molecule has 1 N–H and O–H groups in total. The molecule has 0 aliphatic heterocycles. The quantitative estimate of drug-likeness (QED) is 0.748. The van der Waals surface area contributed by atoms with Gasteiger partial charge in [-0.1, -0.05) is 31.9 Å². The van der Waals surface area contributed by atoms with E-state index in [0.29, 0.717) is 0 Å². The van der Waals surface area contributed by atoms with Crippen LogP contribution in [-0.4, -0.2) is 16.4 Å². The lowest BCUT2D eigenvalue weighted by atomic mass is 10.2. The molecule has 4 heteroatoms. The molecule has 0 aliphatic rings. The summed E-state index contributed by atoms with van der Waals surface area (Å²) in [6.07, 6.45) is 5.58. The number of aryl methyl sites for hydroxylation is 2. The minimum Gasteiger partial charge on any atom is -0.494 e. The Kier molecular flexibility index (Phi) is 5.67. The number of aromatic nitrogens is 2. The largest absolute Gasteiger partial charge is 0.494 e. The zero-order valence-electron chi connectivity index (χ0n) is 13.2. The van der Waals surface area contributed by atoms with Crippen LogP contribution in [0.15, 0.2) is 30.5 Å². The number of hydrogen-bond donors (Lipinski definition) is 1. The van der Waals surface area contributed by atoms with E-state index in [0.717, 1.165) is 36.7 Å². The van der Waals surface area contributed by atoms with Crippen LogP contribution in [0.25, 0.3) is 0 Å². The Labute approximate surface area is 127 Å². The van der Waals surface area contributed by atoms with Gasteiger partial charge in [0.25, 0.3) is 0 Å². The van der Waals surface area contributed by atoms with Crippen LogP contribution in [0.4, 0.5) is 5.69 Å². The maximum Gasteiger partial charge on any atom is 0.119 e. The molecule has 4 nitrogen and oxygen atoms in total. The molecule has 1 aromatic carbocycles. The van der Waals surface area contributed by atoms with E-state index in [9.17, 15) is 0 Å². The molecule has 0 saturated heterocycles. The third kappa shape index (κ3) is 4.81. The Bertz CT molecular complexity index is 546. The van der Waals surface area contributed by atoms with Crippen molar-refractivity contribution in [1.82, 2.24) is 9.78 Å². The van der Waals surface area contributed by atoms with Crippen LogP contribution in [0.1, 0.15) is 37.4 Å². The van der Waals surface area contributed by atoms with Crippen LogP contribution >= 0.6 is 0 Å². The second kappa shape index (κ2) is 7.72. The fourth-order valence-corrected chi connectivity index (χ4v) is 2.22. The Morgan fingerprint density at radius 3 is 2.57 bits per heavy atom. The fourth-order valence-electron chi connectivity index (χ4n) is 2.22. The lowest BCUT2D eigenvalue weighted by molar-refractivity contribution is 0.306. The molecule has 0 bridgehead atoms. The van der Waals surface area contributed by atoms with Gasteiger partial charge in [-0.25, -0.2) is 0 Å². The van der Waals surface area contributed by atoms with Crippen LogP contribution in [0.3, 0.4) is 0 Å². The van der Waals surface area contributed by atoms with E-state index < -0.39 is 0 Å². The highest BCUT2D eigenvalue weighted by Crippen LogP contribution is 2.16. The van der Waals surface area contributed by atoms with Gasteiger partial charge in [-0.2, -0.15) is 5.10 Å². The van der Waals surface area contributed by atoms with Crippen molar-refractivity contribution >= 4 is 5.69 Å². The van der Waals surface area contributed by atoms with Crippen molar-refractivity contribution in [3.8, 4) is 5.75 Å². The van der Waals surface area contributed by atoms with Gasteiger partial charge in [-0.3, -0.25) is 4.68 Å². The van der Waals surface area contributed by atoms with Gasteiger partial charge in [0.1, 0.15) is 5.75 Å². The Hall–Kier alpha value is -1.97. The number of ether oxygens (including phenoxy) is 1. The summed E-state index contributed by atoms with van der Waals surface area (Å²) < 4.78 is 7.54. The van der Waals surface area contributed by atoms with E-state index in [4.69, 9.17) is 4.74 Å². The van der Waals surface area contributed by atoms with Crippen molar-refractivity contribution in [1.29, 1.82) is 0 Å². The van der Waals surface area contributed by atoms with Gasteiger partial charge >= 0.3 is 0 Å².